The van der Waals surface area contributed by atoms with E-state index in [9.17, 15) is 13.9 Å². The first-order valence-corrected chi connectivity index (χ1v) is 6.26. The lowest BCUT2D eigenvalue weighted by molar-refractivity contribution is 0.150. The largest absolute Gasteiger partial charge is 0.388 e. The van der Waals surface area contributed by atoms with Crippen molar-refractivity contribution in [2.24, 2.45) is 0 Å². The number of aliphatic hydroxyl groups excluding tert-OH is 1. The zero-order chi connectivity index (χ0) is 13.8. The topological polar surface area (TPSA) is 20.2 Å². The molecule has 0 aliphatic carbocycles. The molecule has 1 nitrogen and oxygen atoms in total. The van der Waals surface area contributed by atoms with Crippen molar-refractivity contribution in [1.29, 1.82) is 0 Å². The van der Waals surface area contributed by atoms with E-state index in [4.69, 9.17) is 0 Å². The third-order valence-electron chi connectivity index (χ3n) is 3.28. The van der Waals surface area contributed by atoms with Crippen LogP contribution in [0.1, 0.15) is 36.5 Å². The zero-order valence-corrected chi connectivity index (χ0v) is 10.7. The molecular weight excluding hydrogens is 246 g/mol. The summed E-state index contributed by atoms with van der Waals surface area (Å²) >= 11 is 0. The Kier molecular flexibility index (Phi) is 4.27. The maximum atomic E-state index is 13.6. The summed E-state index contributed by atoms with van der Waals surface area (Å²) in [6, 6.07) is 13.2. The Morgan fingerprint density at radius 3 is 2.11 bits per heavy atom. The fraction of sp³-hybridized carbons (Fsp3) is 0.250. The molecule has 0 bridgehead atoms. The van der Waals surface area contributed by atoms with Crippen LogP contribution in [-0.4, -0.2) is 5.11 Å². The van der Waals surface area contributed by atoms with Gasteiger partial charge in [-0.1, -0.05) is 43.3 Å². The van der Waals surface area contributed by atoms with E-state index in [2.05, 4.69) is 0 Å². The van der Waals surface area contributed by atoms with Gasteiger partial charge in [-0.3, -0.25) is 0 Å². The van der Waals surface area contributed by atoms with Crippen LogP contribution in [0.2, 0.25) is 0 Å². The lowest BCUT2D eigenvalue weighted by Gasteiger charge is -2.18. The molecule has 2 atom stereocenters. The summed E-state index contributed by atoms with van der Waals surface area (Å²) in [4.78, 5) is 0. The summed E-state index contributed by atoms with van der Waals surface area (Å²) in [6.07, 6.45) is -0.863. The third-order valence-corrected chi connectivity index (χ3v) is 3.28. The lowest BCUT2D eigenvalue weighted by atomic mass is 9.92. The highest BCUT2D eigenvalue weighted by atomic mass is 19.1. The molecule has 3 heteroatoms. The van der Waals surface area contributed by atoms with Gasteiger partial charge >= 0.3 is 0 Å². The monoisotopic (exact) mass is 262 g/mol. The molecular formula is C16H16F2O. The van der Waals surface area contributed by atoms with Gasteiger partial charge in [0, 0.05) is 0 Å². The Morgan fingerprint density at radius 1 is 0.947 bits per heavy atom. The summed E-state index contributed by atoms with van der Waals surface area (Å²) in [5.41, 5.74) is 0.795. The molecule has 19 heavy (non-hydrogen) atoms. The van der Waals surface area contributed by atoms with E-state index in [0.717, 1.165) is 17.7 Å². The van der Waals surface area contributed by atoms with Gasteiger partial charge in [-0.05, 0) is 30.0 Å². The molecule has 0 aliphatic heterocycles. The fourth-order valence-corrected chi connectivity index (χ4v) is 2.20. The van der Waals surface area contributed by atoms with Crippen LogP contribution in [0, 0.1) is 11.6 Å². The summed E-state index contributed by atoms with van der Waals surface area (Å²) in [6.45, 7) is 1.93. The van der Waals surface area contributed by atoms with Gasteiger partial charge in [0.1, 0.15) is 11.6 Å². The van der Waals surface area contributed by atoms with E-state index >= 15 is 0 Å². The molecule has 2 rings (SSSR count). The van der Waals surface area contributed by atoms with Crippen molar-refractivity contribution >= 4 is 0 Å². The molecule has 0 amide bonds. The summed E-state index contributed by atoms with van der Waals surface area (Å²) in [5, 5.41) is 10.0. The summed E-state index contributed by atoms with van der Waals surface area (Å²) in [5.74, 6) is -1.38. The number of hydrogen-bond acceptors (Lipinski definition) is 1. The second kappa shape index (κ2) is 5.93. The molecule has 0 saturated heterocycles. The van der Waals surface area contributed by atoms with E-state index < -0.39 is 17.7 Å². The Morgan fingerprint density at radius 2 is 1.53 bits per heavy atom. The zero-order valence-electron chi connectivity index (χ0n) is 10.7. The predicted molar refractivity (Wildman–Crippen MR) is 70.8 cm³/mol. The SMILES string of the molecule is CC(CC(O)c1c(F)cccc1F)c1ccccc1. The van der Waals surface area contributed by atoms with Crippen molar-refractivity contribution in [2.45, 2.75) is 25.4 Å². The normalized spacial score (nSPS) is 14.1. The van der Waals surface area contributed by atoms with Crippen molar-refractivity contribution in [1.82, 2.24) is 0 Å². The van der Waals surface area contributed by atoms with Crippen LogP contribution >= 0.6 is 0 Å². The molecule has 2 aromatic rings. The van der Waals surface area contributed by atoms with E-state index in [1.54, 1.807) is 0 Å². The molecule has 0 saturated carbocycles. The van der Waals surface area contributed by atoms with Crippen molar-refractivity contribution in [3.8, 4) is 0 Å². The molecule has 2 aromatic carbocycles. The molecule has 2 unspecified atom stereocenters. The van der Waals surface area contributed by atoms with Crippen LogP contribution in [0.4, 0.5) is 8.78 Å². The first-order valence-electron chi connectivity index (χ1n) is 6.26. The van der Waals surface area contributed by atoms with Crippen LogP contribution in [0.5, 0.6) is 0 Å². The van der Waals surface area contributed by atoms with Gasteiger partial charge in [0.15, 0.2) is 0 Å². The minimum absolute atomic E-state index is 0.0233. The number of benzene rings is 2. The predicted octanol–water partition coefficient (Wildman–Crippen LogP) is 4.19. The van der Waals surface area contributed by atoms with Crippen LogP contribution in [0.25, 0.3) is 0 Å². The Hall–Kier alpha value is -1.74. The highest BCUT2D eigenvalue weighted by molar-refractivity contribution is 5.24. The molecule has 0 radical (unpaired) electrons. The molecule has 0 fully saturated rings. The minimum Gasteiger partial charge on any atom is -0.388 e. The first-order chi connectivity index (χ1) is 9.09. The van der Waals surface area contributed by atoms with Crippen LogP contribution in [0.15, 0.2) is 48.5 Å². The smallest absolute Gasteiger partial charge is 0.131 e. The standard InChI is InChI=1S/C16H16F2O/c1-11(12-6-3-2-4-7-12)10-15(19)16-13(17)8-5-9-14(16)18/h2-9,11,15,19H,10H2,1H3. The Labute approximate surface area is 111 Å². The van der Waals surface area contributed by atoms with Gasteiger partial charge < -0.3 is 5.11 Å². The quantitative estimate of drug-likeness (QED) is 0.875. The fourth-order valence-electron chi connectivity index (χ4n) is 2.20. The van der Waals surface area contributed by atoms with E-state index in [-0.39, 0.29) is 17.9 Å². The molecule has 0 heterocycles. The van der Waals surface area contributed by atoms with E-state index in [1.165, 1.54) is 6.07 Å². The van der Waals surface area contributed by atoms with Gasteiger partial charge in [0.25, 0.3) is 0 Å². The van der Waals surface area contributed by atoms with Gasteiger partial charge in [-0.2, -0.15) is 0 Å². The number of halogens is 2. The maximum absolute atomic E-state index is 13.6. The molecule has 0 spiro atoms. The van der Waals surface area contributed by atoms with Gasteiger partial charge in [0.05, 0.1) is 11.7 Å². The average molecular weight is 262 g/mol. The van der Waals surface area contributed by atoms with Crippen LogP contribution in [0.3, 0.4) is 0 Å². The Bertz CT molecular complexity index is 519. The first kappa shape index (κ1) is 13.7. The van der Waals surface area contributed by atoms with Crippen molar-refractivity contribution in [3.05, 3.63) is 71.3 Å². The van der Waals surface area contributed by atoms with Crippen molar-refractivity contribution in [3.63, 3.8) is 0 Å². The van der Waals surface area contributed by atoms with Gasteiger partial charge in [-0.25, -0.2) is 8.78 Å². The minimum atomic E-state index is -1.14. The number of hydrogen-bond donors (Lipinski definition) is 1. The third kappa shape index (κ3) is 3.18. The Balaban J connectivity index is 2.15. The second-order valence-electron chi connectivity index (χ2n) is 4.70. The summed E-state index contributed by atoms with van der Waals surface area (Å²) in [7, 11) is 0. The van der Waals surface area contributed by atoms with Crippen molar-refractivity contribution in [2.75, 3.05) is 0 Å². The molecule has 0 aromatic heterocycles. The highest BCUT2D eigenvalue weighted by Crippen LogP contribution is 2.30. The van der Waals surface area contributed by atoms with Gasteiger partial charge in [0.2, 0.25) is 0 Å². The molecule has 100 valence electrons. The second-order valence-corrected chi connectivity index (χ2v) is 4.70. The number of rotatable bonds is 4. The lowest BCUT2D eigenvalue weighted by Crippen LogP contribution is -2.08. The van der Waals surface area contributed by atoms with E-state index in [0.29, 0.717) is 0 Å². The summed E-state index contributed by atoms with van der Waals surface area (Å²) < 4.78 is 27.1. The maximum Gasteiger partial charge on any atom is 0.131 e. The molecule has 0 aliphatic rings. The van der Waals surface area contributed by atoms with Crippen molar-refractivity contribution < 1.29 is 13.9 Å². The van der Waals surface area contributed by atoms with Crippen LogP contribution < -0.4 is 0 Å². The van der Waals surface area contributed by atoms with Crippen LogP contribution in [-0.2, 0) is 0 Å². The number of aliphatic hydroxyl groups is 1. The average Bonchev–Trinajstić information content (AvgIpc) is 2.39. The highest BCUT2D eigenvalue weighted by Gasteiger charge is 2.20. The van der Waals surface area contributed by atoms with Gasteiger partial charge in [-0.15, -0.1) is 0 Å². The van der Waals surface area contributed by atoms with E-state index in [1.807, 2.05) is 37.3 Å². The molecule has 1 N–H and O–H groups in total.